The van der Waals surface area contributed by atoms with E-state index in [1.165, 1.54) is 4.90 Å². The largest absolute Gasteiger partial charge is 0.368 e. The van der Waals surface area contributed by atoms with E-state index in [0.717, 1.165) is 12.8 Å². The topological polar surface area (TPSA) is 63.4 Å². The maximum atomic E-state index is 11.6. The van der Waals surface area contributed by atoms with Crippen LogP contribution in [0.15, 0.2) is 0 Å². The van der Waals surface area contributed by atoms with Crippen LogP contribution >= 0.6 is 11.6 Å². The van der Waals surface area contributed by atoms with E-state index < -0.39 is 5.91 Å². The molecule has 0 rings (SSSR count). The molecule has 5 heteroatoms. The maximum absolute atomic E-state index is 11.6. The zero-order chi connectivity index (χ0) is 11.7. The van der Waals surface area contributed by atoms with E-state index in [2.05, 4.69) is 0 Å². The molecule has 0 saturated carbocycles. The van der Waals surface area contributed by atoms with Gasteiger partial charge in [0.2, 0.25) is 11.8 Å². The van der Waals surface area contributed by atoms with Gasteiger partial charge in [-0.25, -0.2) is 0 Å². The fourth-order valence-corrected chi connectivity index (χ4v) is 1.34. The van der Waals surface area contributed by atoms with Crippen molar-refractivity contribution < 1.29 is 9.59 Å². The first-order chi connectivity index (χ1) is 7.11. The molecule has 0 aromatic heterocycles. The second-order valence-electron chi connectivity index (χ2n) is 3.43. The molecular formula is C10H19ClN2O2. The molecule has 0 unspecified atom stereocenters. The number of rotatable bonds is 8. The van der Waals surface area contributed by atoms with Crippen molar-refractivity contribution >= 4 is 23.4 Å². The molecule has 2 N–H and O–H groups in total. The Bertz CT molecular complexity index is 210. The lowest BCUT2D eigenvalue weighted by Gasteiger charge is -2.20. The second-order valence-corrected chi connectivity index (χ2v) is 3.81. The van der Waals surface area contributed by atoms with Crippen LogP contribution in [-0.2, 0) is 9.59 Å². The number of alkyl halides is 1. The maximum Gasteiger partial charge on any atom is 0.237 e. The first-order valence-corrected chi connectivity index (χ1v) is 5.77. The first kappa shape index (κ1) is 14.2. The molecule has 0 aliphatic carbocycles. The minimum Gasteiger partial charge on any atom is -0.368 e. The number of hydrogen-bond donors (Lipinski definition) is 1. The lowest BCUT2D eigenvalue weighted by molar-refractivity contribution is -0.135. The number of hydrogen-bond acceptors (Lipinski definition) is 2. The fraction of sp³-hybridized carbons (Fsp3) is 0.800. The van der Waals surface area contributed by atoms with Crippen LogP contribution in [0.3, 0.4) is 0 Å². The molecule has 0 atom stereocenters. The van der Waals surface area contributed by atoms with Gasteiger partial charge in [-0.3, -0.25) is 9.59 Å². The lowest BCUT2D eigenvalue weighted by Crippen LogP contribution is -2.39. The normalized spacial score (nSPS) is 10.0. The van der Waals surface area contributed by atoms with Gasteiger partial charge in [0.1, 0.15) is 0 Å². The zero-order valence-electron chi connectivity index (χ0n) is 9.17. The summed E-state index contributed by atoms with van der Waals surface area (Å²) in [5, 5.41) is 0. The molecule has 0 saturated heterocycles. The summed E-state index contributed by atoms with van der Waals surface area (Å²) in [5.74, 6) is -0.0440. The number of halogens is 1. The fourth-order valence-electron chi connectivity index (χ4n) is 1.21. The molecule has 0 bridgehead atoms. The van der Waals surface area contributed by atoms with E-state index in [9.17, 15) is 9.59 Å². The molecule has 0 spiro atoms. The van der Waals surface area contributed by atoms with Crippen molar-refractivity contribution in [2.75, 3.05) is 19.0 Å². The highest BCUT2D eigenvalue weighted by atomic mass is 35.5. The van der Waals surface area contributed by atoms with Gasteiger partial charge in [-0.1, -0.05) is 13.3 Å². The van der Waals surface area contributed by atoms with Crippen LogP contribution in [0.2, 0.25) is 0 Å². The highest BCUT2D eigenvalue weighted by Gasteiger charge is 2.14. The predicted octanol–water partition coefficient (Wildman–Crippen LogP) is 1.12. The Balaban J connectivity index is 4.07. The third-order valence-electron chi connectivity index (χ3n) is 2.01. The zero-order valence-corrected chi connectivity index (χ0v) is 9.92. The van der Waals surface area contributed by atoms with Crippen LogP contribution in [0, 0.1) is 0 Å². The molecule has 0 fully saturated rings. The molecule has 0 radical (unpaired) electrons. The van der Waals surface area contributed by atoms with E-state index in [1.807, 2.05) is 6.92 Å². The molecule has 2 amide bonds. The van der Waals surface area contributed by atoms with Gasteiger partial charge < -0.3 is 10.6 Å². The molecule has 88 valence electrons. The summed E-state index contributed by atoms with van der Waals surface area (Å²) in [6, 6.07) is 0. The first-order valence-electron chi connectivity index (χ1n) is 5.23. The summed E-state index contributed by atoms with van der Waals surface area (Å²) < 4.78 is 0. The summed E-state index contributed by atoms with van der Waals surface area (Å²) in [6.45, 7) is 2.65. The van der Waals surface area contributed by atoms with Gasteiger partial charge >= 0.3 is 0 Å². The standard InChI is InChI=1S/C10H19ClN2O2/c1-2-3-7-13(8-9(12)14)10(15)5-4-6-11/h2-8H2,1H3,(H2,12,14). The molecule has 0 aliphatic rings. The highest BCUT2D eigenvalue weighted by molar-refractivity contribution is 6.17. The van der Waals surface area contributed by atoms with Crippen molar-refractivity contribution in [2.24, 2.45) is 5.73 Å². The third kappa shape index (κ3) is 7.19. The number of amides is 2. The Kier molecular flexibility index (Phi) is 8.09. The van der Waals surface area contributed by atoms with Crippen molar-refractivity contribution in [3.8, 4) is 0 Å². The van der Waals surface area contributed by atoms with Crippen LogP contribution < -0.4 is 5.73 Å². The highest BCUT2D eigenvalue weighted by Crippen LogP contribution is 2.01. The number of unbranched alkanes of at least 4 members (excludes halogenated alkanes) is 1. The predicted molar refractivity (Wildman–Crippen MR) is 60.6 cm³/mol. The van der Waals surface area contributed by atoms with Gasteiger partial charge in [0.15, 0.2) is 0 Å². The van der Waals surface area contributed by atoms with Crippen LogP contribution in [0.4, 0.5) is 0 Å². The average Bonchev–Trinajstić information content (AvgIpc) is 2.20. The van der Waals surface area contributed by atoms with Crippen molar-refractivity contribution in [2.45, 2.75) is 32.6 Å². The van der Waals surface area contributed by atoms with E-state index in [0.29, 0.717) is 25.3 Å². The lowest BCUT2D eigenvalue weighted by atomic mass is 10.2. The van der Waals surface area contributed by atoms with Crippen LogP contribution in [-0.4, -0.2) is 35.7 Å². The Morgan fingerprint density at radius 1 is 1.33 bits per heavy atom. The number of primary amides is 1. The SMILES string of the molecule is CCCCN(CC(N)=O)C(=O)CCCCl. The van der Waals surface area contributed by atoms with Crippen molar-refractivity contribution in [1.82, 2.24) is 4.90 Å². The van der Waals surface area contributed by atoms with E-state index in [4.69, 9.17) is 17.3 Å². The Labute approximate surface area is 95.7 Å². The van der Waals surface area contributed by atoms with Crippen LogP contribution in [0.25, 0.3) is 0 Å². The molecule has 0 heterocycles. The second kappa shape index (κ2) is 8.53. The van der Waals surface area contributed by atoms with Gasteiger partial charge in [-0.2, -0.15) is 0 Å². The molecular weight excluding hydrogens is 216 g/mol. The molecule has 0 aliphatic heterocycles. The summed E-state index contributed by atoms with van der Waals surface area (Å²) >= 11 is 5.50. The quantitative estimate of drug-likeness (QED) is 0.640. The minimum atomic E-state index is -0.467. The van der Waals surface area contributed by atoms with Gasteiger partial charge in [0.05, 0.1) is 6.54 Å². The van der Waals surface area contributed by atoms with Crippen molar-refractivity contribution in [3.63, 3.8) is 0 Å². The summed E-state index contributed by atoms with van der Waals surface area (Å²) in [7, 11) is 0. The molecule has 0 aromatic rings. The van der Waals surface area contributed by atoms with Gasteiger partial charge in [-0.05, 0) is 12.8 Å². The summed E-state index contributed by atoms with van der Waals surface area (Å²) in [5.41, 5.74) is 5.07. The van der Waals surface area contributed by atoms with E-state index in [1.54, 1.807) is 0 Å². The minimum absolute atomic E-state index is 0.0150. The molecule has 4 nitrogen and oxygen atoms in total. The number of carbonyl (C=O) groups excluding carboxylic acids is 2. The van der Waals surface area contributed by atoms with Gasteiger partial charge in [0.25, 0.3) is 0 Å². The number of carbonyl (C=O) groups is 2. The number of nitrogens with zero attached hydrogens (tertiary/aromatic N) is 1. The Morgan fingerprint density at radius 3 is 2.47 bits per heavy atom. The molecule has 0 aromatic carbocycles. The summed E-state index contributed by atoms with van der Waals surface area (Å²) in [4.78, 5) is 23.9. The Morgan fingerprint density at radius 2 is 2.00 bits per heavy atom. The van der Waals surface area contributed by atoms with Crippen molar-refractivity contribution in [3.05, 3.63) is 0 Å². The smallest absolute Gasteiger partial charge is 0.237 e. The van der Waals surface area contributed by atoms with Crippen LogP contribution in [0.1, 0.15) is 32.6 Å². The molecule has 15 heavy (non-hydrogen) atoms. The number of nitrogens with two attached hydrogens (primary N) is 1. The monoisotopic (exact) mass is 234 g/mol. The van der Waals surface area contributed by atoms with Crippen LogP contribution in [0.5, 0.6) is 0 Å². The Hall–Kier alpha value is -0.770. The van der Waals surface area contributed by atoms with E-state index in [-0.39, 0.29) is 12.5 Å². The van der Waals surface area contributed by atoms with Gasteiger partial charge in [-0.15, -0.1) is 11.6 Å². The van der Waals surface area contributed by atoms with Gasteiger partial charge in [0, 0.05) is 18.8 Å². The third-order valence-corrected chi connectivity index (χ3v) is 2.27. The van der Waals surface area contributed by atoms with E-state index >= 15 is 0 Å². The average molecular weight is 235 g/mol. The van der Waals surface area contributed by atoms with Crippen molar-refractivity contribution in [1.29, 1.82) is 0 Å². The summed E-state index contributed by atoms with van der Waals surface area (Å²) in [6.07, 6.45) is 2.90.